The Morgan fingerprint density at radius 3 is 1.00 bits per heavy atom. The Labute approximate surface area is 310 Å². The van der Waals surface area contributed by atoms with E-state index in [1.807, 2.05) is 21.1 Å². The first-order valence-corrected chi connectivity index (χ1v) is 21.3. The summed E-state index contributed by atoms with van der Waals surface area (Å²) in [6.07, 6.45) is 36.4. The van der Waals surface area contributed by atoms with Crippen molar-refractivity contribution in [1.82, 2.24) is 0 Å². The lowest BCUT2D eigenvalue weighted by atomic mass is 9.89. The minimum atomic E-state index is -0.796. The van der Waals surface area contributed by atoms with Crippen molar-refractivity contribution in [3.8, 4) is 0 Å². The molecule has 0 aliphatic carbocycles. The fourth-order valence-electron chi connectivity index (χ4n) is 7.02. The van der Waals surface area contributed by atoms with Gasteiger partial charge in [-0.3, -0.25) is 14.4 Å². The topological polar surface area (TPSA) is 78.9 Å². The number of rotatable bonds is 39. The van der Waals surface area contributed by atoms with Crippen molar-refractivity contribution < 1.29 is 33.1 Å². The molecular weight excluding hydrogens is 626 g/mol. The van der Waals surface area contributed by atoms with Gasteiger partial charge in [-0.15, -0.1) is 0 Å². The summed E-state index contributed by atoms with van der Waals surface area (Å²) >= 11 is 0. The summed E-state index contributed by atoms with van der Waals surface area (Å²) in [4.78, 5) is 36.5. The van der Waals surface area contributed by atoms with Gasteiger partial charge in [0.2, 0.25) is 0 Å². The third kappa shape index (κ3) is 33.5. The number of carbonyl (C=O) groups excluding carboxylic acids is 3. The fraction of sp³-hybridized carbons (Fsp3) is 0.930. The highest BCUT2D eigenvalue weighted by molar-refractivity contribution is 5.69. The predicted molar refractivity (Wildman–Crippen MR) is 209 cm³/mol. The molecule has 0 saturated heterocycles. The summed E-state index contributed by atoms with van der Waals surface area (Å²) in [7, 11) is 6.09. The SMILES string of the molecule is CCCCCCCCCCCCCCCCCCCC(=O)OCC(COC=O)(COC(=O)CCCCCCCCCCCCC)C[N+](C)(C)C. The molecule has 50 heavy (non-hydrogen) atoms. The molecule has 1 atom stereocenters. The molecule has 0 aromatic carbocycles. The van der Waals surface area contributed by atoms with Crippen molar-refractivity contribution in [2.24, 2.45) is 5.41 Å². The quantitative estimate of drug-likeness (QED) is 0.0208. The van der Waals surface area contributed by atoms with Crippen molar-refractivity contribution in [1.29, 1.82) is 0 Å². The van der Waals surface area contributed by atoms with Crippen LogP contribution in [0.4, 0.5) is 0 Å². The number of hydrogen-bond acceptors (Lipinski definition) is 6. The highest BCUT2D eigenvalue weighted by Gasteiger charge is 2.40. The Morgan fingerprint density at radius 1 is 0.460 bits per heavy atom. The monoisotopic (exact) mass is 711 g/mol. The van der Waals surface area contributed by atoms with Gasteiger partial charge in [-0.1, -0.05) is 181 Å². The zero-order valence-electron chi connectivity index (χ0n) is 34.0. The van der Waals surface area contributed by atoms with Gasteiger partial charge in [0, 0.05) is 12.8 Å². The molecule has 0 bridgehead atoms. The maximum Gasteiger partial charge on any atom is 0.305 e. The smallest absolute Gasteiger partial charge is 0.305 e. The molecule has 7 nitrogen and oxygen atoms in total. The van der Waals surface area contributed by atoms with Crippen molar-refractivity contribution in [3.63, 3.8) is 0 Å². The molecule has 0 radical (unpaired) electrons. The molecule has 0 saturated carbocycles. The van der Waals surface area contributed by atoms with Gasteiger partial charge >= 0.3 is 11.9 Å². The second-order valence-electron chi connectivity index (χ2n) is 16.4. The van der Waals surface area contributed by atoms with Crippen LogP contribution in [0, 0.1) is 5.41 Å². The first-order valence-electron chi connectivity index (χ1n) is 21.3. The van der Waals surface area contributed by atoms with Crippen LogP contribution in [-0.2, 0) is 28.6 Å². The van der Waals surface area contributed by atoms with E-state index in [2.05, 4.69) is 13.8 Å². The third-order valence-corrected chi connectivity index (χ3v) is 9.81. The van der Waals surface area contributed by atoms with Crippen LogP contribution in [0.15, 0.2) is 0 Å². The summed E-state index contributed by atoms with van der Waals surface area (Å²) < 4.78 is 17.2. The number of unbranched alkanes of at least 4 members (excludes halogenated alkanes) is 26. The van der Waals surface area contributed by atoms with Crippen molar-refractivity contribution in [3.05, 3.63) is 0 Å². The highest BCUT2D eigenvalue weighted by Crippen LogP contribution is 2.24. The molecule has 296 valence electrons. The molecule has 0 aromatic rings. The van der Waals surface area contributed by atoms with Gasteiger partial charge in [0.1, 0.15) is 25.2 Å². The normalized spacial score (nSPS) is 12.8. The maximum absolute atomic E-state index is 12.7. The lowest BCUT2D eigenvalue weighted by molar-refractivity contribution is -0.877. The van der Waals surface area contributed by atoms with Crippen molar-refractivity contribution >= 4 is 18.4 Å². The molecule has 1 unspecified atom stereocenters. The average Bonchev–Trinajstić information content (AvgIpc) is 3.08. The third-order valence-electron chi connectivity index (χ3n) is 9.81. The molecule has 7 heteroatoms. The predicted octanol–water partition coefficient (Wildman–Crippen LogP) is 11.7. The lowest BCUT2D eigenvalue weighted by Crippen LogP contribution is -2.52. The Morgan fingerprint density at radius 2 is 0.740 bits per heavy atom. The minimum absolute atomic E-state index is 0.0319. The van der Waals surface area contributed by atoms with E-state index in [0.717, 1.165) is 38.5 Å². The molecule has 0 aromatic heterocycles. The lowest BCUT2D eigenvalue weighted by Gasteiger charge is -2.37. The van der Waals surface area contributed by atoms with Gasteiger partial charge in [0.25, 0.3) is 6.47 Å². The van der Waals surface area contributed by atoms with E-state index in [1.165, 1.54) is 141 Å². The van der Waals surface area contributed by atoms with Crippen molar-refractivity contribution in [2.45, 2.75) is 206 Å². The average molecular weight is 711 g/mol. The second kappa shape index (κ2) is 34.5. The summed E-state index contributed by atoms with van der Waals surface area (Å²) in [6, 6.07) is 0. The Balaban J connectivity index is 4.26. The van der Waals surface area contributed by atoms with Crippen LogP contribution < -0.4 is 0 Å². The Hall–Kier alpha value is -1.63. The molecule has 0 heterocycles. The molecule has 0 aliphatic heterocycles. The molecule has 0 rings (SSSR count). The summed E-state index contributed by atoms with van der Waals surface area (Å²) in [5.41, 5.74) is -0.796. The van der Waals surface area contributed by atoms with E-state index in [1.54, 1.807) is 0 Å². The molecule has 0 N–H and O–H groups in total. The summed E-state index contributed by atoms with van der Waals surface area (Å²) in [6.45, 7) is 5.61. The largest absolute Gasteiger partial charge is 0.467 e. The van der Waals surface area contributed by atoms with Gasteiger partial charge in [-0.05, 0) is 12.8 Å². The van der Waals surface area contributed by atoms with Gasteiger partial charge < -0.3 is 18.7 Å². The number of carbonyl (C=O) groups is 3. The molecule has 0 aliphatic rings. The number of nitrogens with zero attached hydrogens (tertiary/aromatic N) is 1. The number of ether oxygens (including phenoxy) is 3. The first-order chi connectivity index (χ1) is 24.2. The van der Waals surface area contributed by atoms with Gasteiger partial charge in [0.05, 0.1) is 27.7 Å². The number of quaternary nitrogens is 1. The van der Waals surface area contributed by atoms with Gasteiger partial charge in [-0.2, -0.15) is 0 Å². The molecule has 0 amide bonds. The molecular formula is C43H84NO6+. The van der Waals surface area contributed by atoms with Crippen LogP contribution in [0.3, 0.4) is 0 Å². The van der Waals surface area contributed by atoms with Gasteiger partial charge in [0.15, 0.2) is 0 Å². The maximum atomic E-state index is 12.7. The van der Waals surface area contributed by atoms with Crippen LogP contribution in [0.5, 0.6) is 0 Å². The Kier molecular flexibility index (Phi) is 33.3. The number of esters is 2. The number of hydrogen-bond donors (Lipinski definition) is 0. The van der Waals surface area contributed by atoms with E-state index in [0.29, 0.717) is 30.3 Å². The van der Waals surface area contributed by atoms with E-state index in [4.69, 9.17) is 14.2 Å². The zero-order chi connectivity index (χ0) is 37.0. The molecule has 0 fully saturated rings. The van der Waals surface area contributed by atoms with Crippen LogP contribution in [0.1, 0.15) is 206 Å². The van der Waals surface area contributed by atoms with Crippen LogP contribution in [-0.4, -0.2) is 70.4 Å². The van der Waals surface area contributed by atoms with Gasteiger partial charge in [-0.25, -0.2) is 0 Å². The standard InChI is InChI=1S/C43H84NO6/c1-6-8-10-12-14-16-18-19-20-21-22-23-25-27-29-31-33-35-42(47)50-39-43(37-48-40-45,36-44(3,4)5)38-49-41(46)34-32-30-28-26-24-17-15-13-11-9-7-2/h40H,6-39H2,1-5H3/q+1. The second-order valence-corrected chi connectivity index (χ2v) is 16.4. The van der Waals surface area contributed by atoms with E-state index >= 15 is 0 Å². The highest BCUT2D eigenvalue weighted by atomic mass is 16.6. The summed E-state index contributed by atoms with van der Waals surface area (Å²) in [5.74, 6) is -0.484. The van der Waals surface area contributed by atoms with E-state index < -0.39 is 5.41 Å². The zero-order valence-corrected chi connectivity index (χ0v) is 34.0. The molecule has 0 spiro atoms. The van der Waals surface area contributed by atoms with E-state index in [9.17, 15) is 14.4 Å². The minimum Gasteiger partial charge on any atom is -0.467 e. The Bertz CT molecular complexity index is 782. The van der Waals surface area contributed by atoms with E-state index in [-0.39, 0.29) is 31.8 Å². The van der Waals surface area contributed by atoms with Crippen LogP contribution in [0.2, 0.25) is 0 Å². The van der Waals surface area contributed by atoms with Crippen molar-refractivity contribution in [2.75, 3.05) is 47.5 Å². The first kappa shape index (κ1) is 48.4. The fourth-order valence-corrected chi connectivity index (χ4v) is 7.02. The summed E-state index contributed by atoms with van der Waals surface area (Å²) in [5, 5.41) is 0. The van der Waals surface area contributed by atoms with Crippen LogP contribution >= 0.6 is 0 Å². The van der Waals surface area contributed by atoms with Crippen LogP contribution in [0.25, 0.3) is 0 Å².